The van der Waals surface area contributed by atoms with Gasteiger partial charge in [0.05, 0.1) is 26.4 Å². The molecule has 1 aromatic heterocycles. The zero-order valence-corrected chi connectivity index (χ0v) is 18.8. The number of morpholine rings is 2. The van der Waals surface area contributed by atoms with E-state index in [0.717, 1.165) is 42.2 Å². The predicted octanol–water partition coefficient (Wildman–Crippen LogP) is 3.32. The smallest absolute Gasteiger partial charge is 0.185 e. The number of carbonyl (C=O) groups is 1. The number of ether oxygens (including phenoxy) is 2. The van der Waals surface area contributed by atoms with Crippen LogP contribution in [0, 0.1) is 6.92 Å². The number of allylic oxidation sites excluding steroid dienone is 1. The van der Waals surface area contributed by atoms with Gasteiger partial charge < -0.3 is 14.6 Å². The van der Waals surface area contributed by atoms with E-state index >= 15 is 0 Å². The van der Waals surface area contributed by atoms with E-state index in [4.69, 9.17) is 9.47 Å². The number of thiophene rings is 1. The van der Waals surface area contributed by atoms with Crippen LogP contribution in [0.15, 0.2) is 29.7 Å². The number of benzene rings is 1. The lowest BCUT2D eigenvalue weighted by atomic mass is 9.99. The fourth-order valence-corrected chi connectivity index (χ4v) is 4.77. The van der Waals surface area contributed by atoms with Crippen molar-refractivity contribution in [3.8, 4) is 5.75 Å². The van der Waals surface area contributed by atoms with Crippen LogP contribution in [0.5, 0.6) is 5.75 Å². The standard InChI is InChI=1S/C24H30N2O4S/c1-18-4-13-31-23(18)3-2-22(27)19-14-20(16-25-5-9-29-10-6-25)24(28)21(15-19)17-26-7-11-30-12-8-26/h2-4,13-15,28H,5-12,16-17H2,1H3/b3-2+. The molecule has 7 heteroatoms. The van der Waals surface area contributed by atoms with E-state index < -0.39 is 0 Å². The molecule has 0 atom stereocenters. The summed E-state index contributed by atoms with van der Waals surface area (Å²) in [5.41, 5.74) is 3.39. The Kier molecular flexibility index (Phi) is 7.53. The maximum atomic E-state index is 13.0. The number of aryl methyl sites for hydroxylation is 1. The molecule has 2 fully saturated rings. The topological polar surface area (TPSA) is 62.2 Å². The van der Waals surface area contributed by atoms with Crippen molar-refractivity contribution in [2.75, 3.05) is 52.6 Å². The van der Waals surface area contributed by atoms with Crippen molar-refractivity contribution in [3.05, 3.63) is 56.8 Å². The van der Waals surface area contributed by atoms with Gasteiger partial charge in [-0.15, -0.1) is 11.3 Å². The van der Waals surface area contributed by atoms with Crippen LogP contribution in [0.3, 0.4) is 0 Å². The van der Waals surface area contributed by atoms with Gasteiger partial charge in [-0.1, -0.05) is 0 Å². The van der Waals surface area contributed by atoms with Crippen LogP contribution in [0.4, 0.5) is 0 Å². The Morgan fingerprint density at radius 1 is 1.03 bits per heavy atom. The van der Waals surface area contributed by atoms with Crippen LogP contribution in [-0.2, 0) is 22.6 Å². The summed E-state index contributed by atoms with van der Waals surface area (Å²) < 4.78 is 10.9. The molecule has 6 nitrogen and oxygen atoms in total. The van der Waals surface area contributed by atoms with Gasteiger partial charge in [-0.2, -0.15) is 0 Å². The maximum Gasteiger partial charge on any atom is 0.185 e. The Morgan fingerprint density at radius 2 is 1.58 bits per heavy atom. The summed E-state index contributed by atoms with van der Waals surface area (Å²) in [7, 11) is 0. The Labute approximate surface area is 187 Å². The zero-order valence-electron chi connectivity index (χ0n) is 18.0. The first-order chi connectivity index (χ1) is 15.1. The van der Waals surface area contributed by atoms with Crippen molar-refractivity contribution in [2.24, 2.45) is 0 Å². The average Bonchev–Trinajstić information content (AvgIpc) is 3.21. The third kappa shape index (κ3) is 5.81. The highest BCUT2D eigenvalue weighted by molar-refractivity contribution is 7.11. The second kappa shape index (κ2) is 10.5. The molecule has 0 aliphatic carbocycles. The first-order valence-corrected chi connectivity index (χ1v) is 11.7. The minimum absolute atomic E-state index is 0.0424. The molecule has 3 heterocycles. The number of ketones is 1. The van der Waals surface area contributed by atoms with Gasteiger partial charge in [0.15, 0.2) is 5.78 Å². The van der Waals surface area contributed by atoms with Crippen molar-refractivity contribution >= 4 is 23.2 Å². The molecular weight excluding hydrogens is 412 g/mol. The van der Waals surface area contributed by atoms with Gasteiger partial charge in [0.1, 0.15) is 5.75 Å². The van der Waals surface area contributed by atoms with Gasteiger partial charge in [0.2, 0.25) is 0 Å². The van der Waals surface area contributed by atoms with Crippen molar-refractivity contribution in [1.29, 1.82) is 0 Å². The molecule has 0 saturated carbocycles. The number of phenols is 1. The van der Waals surface area contributed by atoms with Crippen LogP contribution in [-0.4, -0.2) is 73.3 Å². The number of carbonyl (C=O) groups excluding carboxylic acids is 1. The van der Waals surface area contributed by atoms with Gasteiger partial charge in [-0.3, -0.25) is 14.6 Å². The molecule has 2 saturated heterocycles. The molecule has 0 bridgehead atoms. The SMILES string of the molecule is Cc1ccsc1/C=C/C(=O)c1cc(CN2CCOCC2)c(O)c(CN2CCOCC2)c1. The number of nitrogens with zero attached hydrogens (tertiary/aromatic N) is 2. The molecule has 1 aromatic carbocycles. The second-order valence-electron chi connectivity index (χ2n) is 8.09. The minimum atomic E-state index is -0.0424. The normalized spacial score (nSPS) is 18.6. The van der Waals surface area contributed by atoms with E-state index in [1.807, 2.05) is 30.5 Å². The minimum Gasteiger partial charge on any atom is -0.507 e. The summed E-state index contributed by atoms with van der Waals surface area (Å²) in [6, 6.07) is 5.75. The molecule has 0 amide bonds. The molecule has 2 aliphatic rings. The molecule has 2 aromatic rings. The number of aromatic hydroxyl groups is 1. The van der Waals surface area contributed by atoms with E-state index in [-0.39, 0.29) is 5.78 Å². The van der Waals surface area contributed by atoms with Crippen molar-refractivity contribution in [3.63, 3.8) is 0 Å². The van der Waals surface area contributed by atoms with Crippen molar-refractivity contribution in [1.82, 2.24) is 9.80 Å². The van der Waals surface area contributed by atoms with E-state index in [9.17, 15) is 9.90 Å². The fourth-order valence-electron chi connectivity index (χ4n) is 3.95. The third-order valence-electron chi connectivity index (χ3n) is 5.84. The molecule has 31 heavy (non-hydrogen) atoms. The fraction of sp³-hybridized carbons (Fsp3) is 0.458. The lowest BCUT2D eigenvalue weighted by molar-refractivity contribution is 0.0327. The summed E-state index contributed by atoms with van der Waals surface area (Å²) in [5, 5.41) is 13.1. The number of rotatable bonds is 7. The van der Waals surface area contributed by atoms with Crippen LogP contribution < -0.4 is 0 Å². The predicted molar refractivity (Wildman–Crippen MR) is 123 cm³/mol. The summed E-state index contributed by atoms with van der Waals surface area (Å²) >= 11 is 1.63. The average molecular weight is 443 g/mol. The molecule has 1 N–H and O–H groups in total. The Morgan fingerprint density at radius 3 is 2.06 bits per heavy atom. The monoisotopic (exact) mass is 442 g/mol. The third-order valence-corrected chi connectivity index (χ3v) is 6.82. The van der Waals surface area contributed by atoms with Gasteiger partial charge in [0.25, 0.3) is 0 Å². The quantitative estimate of drug-likeness (QED) is 0.524. The molecule has 0 radical (unpaired) electrons. The van der Waals surface area contributed by atoms with Crippen LogP contribution in [0.25, 0.3) is 6.08 Å². The largest absolute Gasteiger partial charge is 0.507 e. The Balaban J connectivity index is 1.59. The highest BCUT2D eigenvalue weighted by Gasteiger charge is 2.20. The molecule has 166 valence electrons. The van der Waals surface area contributed by atoms with Gasteiger partial charge >= 0.3 is 0 Å². The first kappa shape index (κ1) is 22.2. The first-order valence-electron chi connectivity index (χ1n) is 10.8. The van der Waals surface area contributed by atoms with Gasteiger partial charge in [-0.05, 0) is 48.2 Å². The molecule has 4 rings (SSSR count). The summed E-state index contributed by atoms with van der Waals surface area (Å²) in [6.07, 6.45) is 3.53. The second-order valence-corrected chi connectivity index (χ2v) is 9.03. The van der Waals surface area contributed by atoms with Crippen LogP contribution in [0.1, 0.15) is 31.9 Å². The maximum absolute atomic E-state index is 13.0. The molecule has 2 aliphatic heterocycles. The van der Waals surface area contributed by atoms with E-state index in [2.05, 4.69) is 15.9 Å². The van der Waals surface area contributed by atoms with Gasteiger partial charge in [0, 0.05) is 60.8 Å². The Hall–Kier alpha value is -2.03. The highest BCUT2D eigenvalue weighted by atomic mass is 32.1. The lowest BCUT2D eigenvalue weighted by Gasteiger charge is -2.29. The number of hydrogen-bond acceptors (Lipinski definition) is 7. The van der Waals surface area contributed by atoms with Gasteiger partial charge in [-0.25, -0.2) is 0 Å². The van der Waals surface area contributed by atoms with Crippen LogP contribution >= 0.6 is 11.3 Å². The summed E-state index contributed by atoms with van der Waals surface area (Å²) in [5.74, 6) is 0.256. The zero-order chi connectivity index (χ0) is 21.6. The van der Waals surface area contributed by atoms with E-state index in [1.165, 1.54) is 5.56 Å². The van der Waals surface area contributed by atoms with Crippen LogP contribution in [0.2, 0.25) is 0 Å². The molecule has 0 unspecified atom stereocenters. The van der Waals surface area contributed by atoms with E-state index in [1.54, 1.807) is 17.4 Å². The highest BCUT2D eigenvalue weighted by Crippen LogP contribution is 2.29. The number of hydrogen-bond donors (Lipinski definition) is 1. The van der Waals surface area contributed by atoms with Crippen molar-refractivity contribution in [2.45, 2.75) is 20.0 Å². The lowest BCUT2D eigenvalue weighted by Crippen LogP contribution is -2.36. The molecule has 0 spiro atoms. The summed E-state index contributed by atoms with van der Waals surface area (Å²) in [6.45, 7) is 9.37. The molecular formula is C24H30N2O4S. The van der Waals surface area contributed by atoms with E-state index in [0.29, 0.717) is 50.8 Å². The number of phenolic OH excluding ortho intramolecular Hbond substituents is 1. The Bertz CT molecular complexity index is 886. The van der Waals surface area contributed by atoms with Crippen molar-refractivity contribution < 1.29 is 19.4 Å². The summed E-state index contributed by atoms with van der Waals surface area (Å²) in [4.78, 5) is 18.6.